The molecule has 1 N–H and O–H groups in total. The molecule has 0 aromatic carbocycles. The molecule has 1 aliphatic rings. The lowest BCUT2D eigenvalue weighted by atomic mass is 9.75. The van der Waals surface area contributed by atoms with Gasteiger partial charge in [-0.2, -0.15) is 0 Å². The van der Waals surface area contributed by atoms with Crippen molar-refractivity contribution in [2.75, 3.05) is 0 Å². The van der Waals surface area contributed by atoms with Crippen molar-refractivity contribution >= 4 is 0 Å². The third-order valence-electron chi connectivity index (χ3n) is 4.40. The molecule has 0 saturated heterocycles. The molecule has 2 aromatic heterocycles. The molecule has 3 heteroatoms. The number of fused-ring (bicyclic) bond motifs is 1. The second-order valence-corrected chi connectivity index (χ2v) is 6.81. The summed E-state index contributed by atoms with van der Waals surface area (Å²) in [5.41, 5.74) is 2.47. The Morgan fingerprint density at radius 1 is 1.35 bits per heavy atom. The predicted molar refractivity (Wildman–Crippen MR) is 78.8 cm³/mol. The summed E-state index contributed by atoms with van der Waals surface area (Å²) in [6, 6.07) is 6.26. The Labute approximate surface area is 120 Å². The monoisotopic (exact) mass is 273 g/mol. The van der Waals surface area contributed by atoms with Crippen LogP contribution in [0, 0.1) is 12.3 Å². The first-order valence-electron chi connectivity index (χ1n) is 7.31. The van der Waals surface area contributed by atoms with Crippen molar-refractivity contribution in [1.82, 2.24) is 4.57 Å². The molecule has 20 heavy (non-hydrogen) atoms. The van der Waals surface area contributed by atoms with E-state index in [1.165, 1.54) is 5.69 Å². The van der Waals surface area contributed by atoms with Crippen molar-refractivity contribution in [2.45, 2.75) is 52.7 Å². The Morgan fingerprint density at radius 2 is 2.10 bits per heavy atom. The highest BCUT2D eigenvalue weighted by Crippen LogP contribution is 2.42. The smallest absolute Gasteiger partial charge is 0.126 e. The Kier molecular flexibility index (Phi) is 3.05. The van der Waals surface area contributed by atoms with Gasteiger partial charge in [-0.15, -0.1) is 0 Å². The molecule has 2 aromatic rings. The highest BCUT2D eigenvalue weighted by Gasteiger charge is 2.34. The van der Waals surface area contributed by atoms with Gasteiger partial charge in [0.1, 0.15) is 11.5 Å². The molecule has 3 nitrogen and oxygen atoms in total. The molecule has 0 amide bonds. The molecule has 1 aliphatic carbocycles. The largest absolute Gasteiger partial charge is 0.464 e. The normalized spacial score (nSPS) is 22.6. The van der Waals surface area contributed by atoms with E-state index in [-0.39, 0.29) is 17.6 Å². The van der Waals surface area contributed by atoms with Crippen LogP contribution in [-0.4, -0.2) is 9.67 Å². The number of rotatable bonds is 2. The van der Waals surface area contributed by atoms with E-state index in [9.17, 15) is 5.11 Å². The number of aryl methyl sites for hydroxylation is 1. The lowest BCUT2D eigenvalue weighted by Crippen LogP contribution is -2.27. The van der Waals surface area contributed by atoms with Gasteiger partial charge in [-0.25, -0.2) is 0 Å². The molecule has 108 valence electrons. The molecule has 2 heterocycles. The highest BCUT2D eigenvalue weighted by atomic mass is 16.3. The number of nitrogens with zero attached hydrogens (tertiary/aromatic N) is 1. The van der Waals surface area contributed by atoms with Gasteiger partial charge in [0.05, 0.1) is 12.1 Å². The van der Waals surface area contributed by atoms with Gasteiger partial charge in [-0.05, 0) is 50.3 Å². The van der Waals surface area contributed by atoms with Crippen LogP contribution >= 0.6 is 0 Å². The molecule has 0 aliphatic heterocycles. The zero-order valence-electron chi connectivity index (χ0n) is 12.7. The van der Waals surface area contributed by atoms with Gasteiger partial charge in [0.15, 0.2) is 0 Å². The van der Waals surface area contributed by atoms with Crippen molar-refractivity contribution < 1.29 is 9.52 Å². The van der Waals surface area contributed by atoms with Crippen molar-refractivity contribution in [1.29, 1.82) is 0 Å². The summed E-state index contributed by atoms with van der Waals surface area (Å²) in [5.74, 6) is 1.91. The fourth-order valence-corrected chi connectivity index (χ4v) is 3.33. The van der Waals surface area contributed by atoms with Crippen LogP contribution in [-0.2, 0) is 6.42 Å². The summed E-state index contributed by atoms with van der Waals surface area (Å²) in [6.07, 6.45) is 3.56. The van der Waals surface area contributed by atoms with Gasteiger partial charge in [-0.1, -0.05) is 13.8 Å². The minimum atomic E-state index is -0.347. The molecule has 0 fully saturated rings. The summed E-state index contributed by atoms with van der Waals surface area (Å²) in [7, 11) is 0. The van der Waals surface area contributed by atoms with E-state index in [2.05, 4.69) is 37.6 Å². The topological polar surface area (TPSA) is 38.3 Å². The molecule has 0 saturated carbocycles. The van der Waals surface area contributed by atoms with E-state index in [1.807, 2.05) is 19.1 Å². The average molecular weight is 273 g/mol. The van der Waals surface area contributed by atoms with Gasteiger partial charge in [0, 0.05) is 17.5 Å². The predicted octanol–water partition coefficient (Wildman–Crippen LogP) is 4.00. The molecule has 0 radical (unpaired) electrons. The molecule has 2 unspecified atom stereocenters. The highest BCUT2D eigenvalue weighted by molar-refractivity contribution is 5.31. The Hall–Kier alpha value is -1.48. The zero-order chi connectivity index (χ0) is 14.5. The van der Waals surface area contributed by atoms with Gasteiger partial charge < -0.3 is 14.1 Å². The van der Waals surface area contributed by atoms with E-state index in [1.54, 1.807) is 0 Å². The molecular formula is C17H23NO2. The summed E-state index contributed by atoms with van der Waals surface area (Å²) in [6.45, 7) is 8.55. The standard InChI is InChI=1S/C17H23NO2/c1-11-5-6-16(20-11)12(2)18-8-7-13-14(18)9-17(3,4)10-15(13)19/h5-8,12,15,19H,9-10H2,1-4H3. The number of aliphatic hydroxyl groups is 1. The van der Waals surface area contributed by atoms with Crippen molar-refractivity contribution in [3.8, 4) is 0 Å². The maximum atomic E-state index is 10.3. The summed E-state index contributed by atoms with van der Waals surface area (Å²) in [5, 5.41) is 10.3. The maximum absolute atomic E-state index is 10.3. The molecular weight excluding hydrogens is 250 g/mol. The van der Waals surface area contributed by atoms with Crippen LogP contribution in [0.5, 0.6) is 0 Å². The second-order valence-electron chi connectivity index (χ2n) is 6.81. The number of hydrogen-bond acceptors (Lipinski definition) is 2. The zero-order valence-corrected chi connectivity index (χ0v) is 12.7. The third kappa shape index (κ3) is 2.20. The van der Waals surface area contributed by atoms with Crippen LogP contribution in [0.25, 0.3) is 0 Å². The van der Waals surface area contributed by atoms with Crippen LogP contribution in [0.1, 0.15) is 62.1 Å². The summed E-state index contributed by atoms with van der Waals surface area (Å²) >= 11 is 0. The van der Waals surface area contributed by atoms with Crippen LogP contribution in [0.3, 0.4) is 0 Å². The van der Waals surface area contributed by atoms with Gasteiger partial charge >= 0.3 is 0 Å². The Bertz CT molecular complexity index is 621. The lowest BCUT2D eigenvalue weighted by molar-refractivity contribution is 0.0976. The van der Waals surface area contributed by atoms with Crippen molar-refractivity contribution in [3.63, 3.8) is 0 Å². The third-order valence-corrected chi connectivity index (χ3v) is 4.40. The minimum Gasteiger partial charge on any atom is -0.464 e. The average Bonchev–Trinajstić information content (AvgIpc) is 2.93. The second kappa shape index (κ2) is 4.52. The van der Waals surface area contributed by atoms with E-state index in [0.29, 0.717) is 0 Å². The molecule has 0 spiro atoms. The number of aromatic nitrogens is 1. The van der Waals surface area contributed by atoms with E-state index in [0.717, 1.165) is 29.9 Å². The van der Waals surface area contributed by atoms with Crippen LogP contribution in [0.2, 0.25) is 0 Å². The van der Waals surface area contributed by atoms with E-state index >= 15 is 0 Å². The number of aliphatic hydroxyl groups excluding tert-OH is 1. The quantitative estimate of drug-likeness (QED) is 0.898. The van der Waals surface area contributed by atoms with Gasteiger partial charge in [0.2, 0.25) is 0 Å². The fraction of sp³-hybridized carbons (Fsp3) is 0.529. The van der Waals surface area contributed by atoms with Gasteiger partial charge in [0.25, 0.3) is 0 Å². The van der Waals surface area contributed by atoms with E-state index < -0.39 is 0 Å². The summed E-state index contributed by atoms with van der Waals surface area (Å²) < 4.78 is 8.00. The minimum absolute atomic E-state index is 0.140. The molecule has 0 bridgehead atoms. The molecule has 2 atom stereocenters. The first kappa shape index (κ1) is 13.5. The summed E-state index contributed by atoms with van der Waals surface area (Å²) in [4.78, 5) is 0. The Morgan fingerprint density at radius 3 is 2.75 bits per heavy atom. The number of hydrogen-bond donors (Lipinski definition) is 1. The van der Waals surface area contributed by atoms with Crippen LogP contribution in [0.4, 0.5) is 0 Å². The van der Waals surface area contributed by atoms with E-state index in [4.69, 9.17) is 4.42 Å². The number of furan rings is 1. The van der Waals surface area contributed by atoms with Gasteiger partial charge in [-0.3, -0.25) is 0 Å². The van der Waals surface area contributed by atoms with Crippen molar-refractivity contribution in [2.24, 2.45) is 5.41 Å². The fourth-order valence-electron chi connectivity index (χ4n) is 3.33. The SMILES string of the molecule is Cc1ccc(C(C)n2ccc3c2CC(C)(C)CC3O)o1. The molecule has 3 rings (SSSR count). The lowest BCUT2D eigenvalue weighted by Gasteiger charge is -2.34. The van der Waals surface area contributed by atoms with Crippen LogP contribution < -0.4 is 0 Å². The van der Waals surface area contributed by atoms with Crippen LogP contribution in [0.15, 0.2) is 28.8 Å². The van der Waals surface area contributed by atoms with Crippen molar-refractivity contribution in [3.05, 3.63) is 47.2 Å². The first-order valence-corrected chi connectivity index (χ1v) is 7.31. The maximum Gasteiger partial charge on any atom is 0.126 e. The first-order chi connectivity index (χ1) is 9.37. The Balaban J connectivity index is 2.00.